The highest BCUT2D eigenvalue weighted by Crippen LogP contribution is 2.33. The smallest absolute Gasteiger partial charge is 0.192 e. The molecule has 118 valence electrons. The molecular formula is C16H25NO4. The van der Waals surface area contributed by atoms with Gasteiger partial charge in [0.05, 0.1) is 25.4 Å². The van der Waals surface area contributed by atoms with Gasteiger partial charge in [0, 0.05) is 25.8 Å². The van der Waals surface area contributed by atoms with E-state index >= 15 is 0 Å². The molecule has 1 aliphatic heterocycles. The molecule has 1 aromatic rings. The molecule has 0 aromatic heterocycles. The summed E-state index contributed by atoms with van der Waals surface area (Å²) < 4.78 is 16.9. The van der Waals surface area contributed by atoms with Crippen molar-refractivity contribution >= 4 is 0 Å². The topological polar surface area (TPSA) is 51.2 Å². The summed E-state index contributed by atoms with van der Waals surface area (Å²) in [4.78, 5) is 2.04. The van der Waals surface area contributed by atoms with Crippen molar-refractivity contribution in [3.8, 4) is 0 Å². The minimum Gasteiger partial charge on any atom is -0.389 e. The van der Waals surface area contributed by atoms with Gasteiger partial charge in [0.2, 0.25) is 0 Å². The van der Waals surface area contributed by atoms with E-state index in [9.17, 15) is 5.11 Å². The van der Waals surface area contributed by atoms with E-state index in [0.717, 1.165) is 5.56 Å². The molecule has 5 nitrogen and oxygen atoms in total. The predicted molar refractivity (Wildman–Crippen MR) is 80.0 cm³/mol. The second kappa shape index (κ2) is 7.33. The highest BCUT2D eigenvalue weighted by Gasteiger charge is 2.39. The first-order chi connectivity index (χ1) is 10.0. The second-order valence-electron chi connectivity index (χ2n) is 5.69. The molecule has 1 N–H and O–H groups in total. The summed E-state index contributed by atoms with van der Waals surface area (Å²) >= 11 is 0. The maximum absolute atomic E-state index is 9.74. The molecule has 21 heavy (non-hydrogen) atoms. The zero-order chi connectivity index (χ0) is 15.3. The van der Waals surface area contributed by atoms with Crippen LogP contribution < -0.4 is 0 Å². The van der Waals surface area contributed by atoms with Crippen molar-refractivity contribution < 1.29 is 19.3 Å². The molecule has 0 saturated carbocycles. The first-order valence-electron chi connectivity index (χ1n) is 7.26. The van der Waals surface area contributed by atoms with Gasteiger partial charge in [0.1, 0.15) is 0 Å². The van der Waals surface area contributed by atoms with Gasteiger partial charge in [-0.1, -0.05) is 30.3 Å². The molecular weight excluding hydrogens is 270 g/mol. The average molecular weight is 295 g/mol. The van der Waals surface area contributed by atoms with Gasteiger partial charge in [-0.25, -0.2) is 0 Å². The summed E-state index contributed by atoms with van der Waals surface area (Å²) in [5.74, 6) is -0.683. The van der Waals surface area contributed by atoms with Crippen LogP contribution in [0.15, 0.2) is 30.3 Å². The number of methoxy groups -OCH3 is 1. The number of hydrogen-bond acceptors (Lipinski definition) is 5. The van der Waals surface area contributed by atoms with Crippen LogP contribution in [0, 0.1) is 0 Å². The minimum absolute atomic E-state index is 0.00467. The van der Waals surface area contributed by atoms with Crippen molar-refractivity contribution in [1.82, 2.24) is 4.90 Å². The van der Waals surface area contributed by atoms with Gasteiger partial charge in [-0.2, -0.15) is 0 Å². The molecule has 3 atom stereocenters. The summed E-state index contributed by atoms with van der Waals surface area (Å²) in [5.41, 5.74) is 1.02. The van der Waals surface area contributed by atoms with Gasteiger partial charge in [0.15, 0.2) is 5.79 Å². The molecule has 1 heterocycles. The van der Waals surface area contributed by atoms with E-state index < -0.39 is 11.9 Å². The summed E-state index contributed by atoms with van der Waals surface area (Å²) in [6.45, 7) is 4.10. The zero-order valence-electron chi connectivity index (χ0n) is 13.0. The molecule has 1 aliphatic rings. The number of benzene rings is 1. The summed E-state index contributed by atoms with van der Waals surface area (Å²) in [5, 5.41) is 9.74. The Labute approximate surface area is 126 Å². The van der Waals surface area contributed by atoms with Gasteiger partial charge >= 0.3 is 0 Å². The molecule has 1 fully saturated rings. The van der Waals surface area contributed by atoms with Crippen LogP contribution in [0.2, 0.25) is 0 Å². The van der Waals surface area contributed by atoms with Crippen molar-refractivity contribution in [2.75, 3.05) is 40.5 Å². The lowest BCUT2D eigenvalue weighted by molar-refractivity contribution is -0.163. The monoisotopic (exact) mass is 295 g/mol. The maximum atomic E-state index is 9.74. The summed E-state index contributed by atoms with van der Waals surface area (Å²) in [6.07, 6.45) is -0.488. The van der Waals surface area contributed by atoms with Gasteiger partial charge in [-0.3, -0.25) is 0 Å². The molecule has 0 amide bonds. The van der Waals surface area contributed by atoms with Crippen molar-refractivity contribution in [2.24, 2.45) is 0 Å². The first kappa shape index (κ1) is 16.4. The van der Waals surface area contributed by atoms with Crippen molar-refractivity contribution in [1.29, 1.82) is 0 Å². The Morgan fingerprint density at radius 1 is 1.43 bits per heavy atom. The fourth-order valence-electron chi connectivity index (χ4n) is 2.65. The SMILES string of the molecule is COCC(O)CN(C)CC1COC(C)(c2ccccc2)O1. The standard InChI is InChI=1S/C16H25NO4/c1-16(13-7-5-4-6-8-13)20-12-15(21-16)10-17(2)9-14(18)11-19-3/h4-8,14-15,18H,9-12H2,1-3H3. The van der Waals surface area contributed by atoms with E-state index in [-0.39, 0.29) is 6.10 Å². The molecule has 0 bridgehead atoms. The number of ether oxygens (including phenoxy) is 3. The lowest BCUT2D eigenvalue weighted by Crippen LogP contribution is -2.38. The number of likely N-dealkylation sites (N-methyl/N-ethyl adjacent to an activating group) is 1. The van der Waals surface area contributed by atoms with Crippen LogP contribution in [-0.4, -0.2) is 62.7 Å². The van der Waals surface area contributed by atoms with Crippen LogP contribution in [0.25, 0.3) is 0 Å². The number of nitrogens with zero attached hydrogens (tertiary/aromatic N) is 1. The van der Waals surface area contributed by atoms with Crippen LogP contribution in [-0.2, 0) is 20.0 Å². The minimum atomic E-state index is -0.683. The Kier molecular flexibility index (Phi) is 5.72. The highest BCUT2D eigenvalue weighted by atomic mass is 16.7. The molecule has 1 aromatic carbocycles. The Morgan fingerprint density at radius 3 is 2.81 bits per heavy atom. The van der Waals surface area contributed by atoms with Crippen LogP contribution in [0.1, 0.15) is 12.5 Å². The highest BCUT2D eigenvalue weighted by molar-refractivity contribution is 5.20. The first-order valence-corrected chi connectivity index (χ1v) is 7.26. The number of rotatable bonds is 7. The molecule has 0 radical (unpaired) electrons. The van der Waals surface area contributed by atoms with Crippen molar-refractivity contribution in [3.05, 3.63) is 35.9 Å². The van der Waals surface area contributed by atoms with E-state index in [0.29, 0.717) is 26.3 Å². The van der Waals surface area contributed by atoms with E-state index in [1.807, 2.05) is 49.2 Å². The van der Waals surface area contributed by atoms with E-state index in [2.05, 4.69) is 0 Å². The molecule has 2 rings (SSSR count). The normalized spacial score (nSPS) is 27.2. The molecule has 0 spiro atoms. The summed E-state index contributed by atoms with van der Waals surface area (Å²) in [6, 6.07) is 9.95. The second-order valence-corrected chi connectivity index (χ2v) is 5.69. The Balaban J connectivity index is 1.85. The van der Waals surface area contributed by atoms with Crippen LogP contribution in [0.4, 0.5) is 0 Å². The van der Waals surface area contributed by atoms with Crippen molar-refractivity contribution in [2.45, 2.75) is 24.9 Å². The van der Waals surface area contributed by atoms with Crippen LogP contribution in [0.5, 0.6) is 0 Å². The molecule has 5 heteroatoms. The molecule has 1 saturated heterocycles. The average Bonchev–Trinajstić information content (AvgIpc) is 2.82. The third kappa shape index (κ3) is 4.49. The maximum Gasteiger partial charge on any atom is 0.192 e. The fourth-order valence-corrected chi connectivity index (χ4v) is 2.65. The van der Waals surface area contributed by atoms with Crippen LogP contribution in [0.3, 0.4) is 0 Å². The number of hydrogen-bond donors (Lipinski definition) is 1. The van der Waals surface area contributed by atoms with E-state index in [1.165, 1.54) is 0 Å². The van der Waals surface area contributed by atoms with Gasteiger partial charge < -0.3 is 24.2 Å². The Hall–Kier alpha value is -0.980. The third-order valence-electron chi connectivity index (χ3n) is 3.63. The van der Waals surface area contributed by atoms with E-state index in [1.54, 1.807) is 7.11 Å². The zero-order valence-corrected chi connectivity index (χ0v) is 13.0. The molecule has 0 aliphatic carbocycles. The van der Waals surface area contributed by atoms with Gasteiger partial charge in [-0.15, -0.1) is 0 Å². The fraction of sp³-hybridized carbons (Fsp3) is 0.625. The quantitative estimate of drug-likeness (QED) is 0.819. The largest absolute Gasteiger partial charge is 0.389 e. The lowest BCUT2D eigenvalue weighted by atomic mass is 10.1. The number of aliphatic hydroxyl groups excluding tert-OH is 1. The van der Waals surface area contributed by atoms with Gasteiger partial charge in [-0.05, 0) is 14.0 Å². The van der Waals surface area contributed by atoms with E-state index in [4.69, 9.17) is 14.2 Å². The third-order valence-corrected chi connectivity index (χ3v) is 3.63. The molecule has 3 unspecified atom stereocenters. The lowest BCUT2D eigenvalue weighted by Gasteiger charge is -2.26. The Bertz CT molecular complexity index is 428. The Morgan fingerprint density at radius 2 is 2.14 bits per heavy atom. The van der Waals surface area contributed by atoms with Gasteiger partial charge in [0.25, 0.3) is 0 Å². The predicted octanol–water partition coefficient (Wildman–Crippen LogP) is 1.21. The summed E-state index contributed by atoms with van der Waals surface area (Å²) in [7, 11) is 3.54. The van der Waals surface area contributed by atoms with Crippen LogP contribution >= 0.6 is 0 Å². The van der Waals surface area contributed by atoms with Crippen molar-refractivity contribution in [3.63, 3.8) is 0 Å². The number of aliphatic hydroxyl groups is 1.